The van der Waals surface area contributed by atoms with Crippen molar-refractivity contribution >= 4 is 11.8 Å². The molecular weight excluding hydrogens is 204 g/mol. The molecule has 4 nitrogen and oxygen atoms in total. The maximum atomic E-state index is 10.9. The fourth-order valence-corrected chi connectivity index (χ4v) is 2.43. The van der Waals surface area contributed by atoms with Crippen LogP contribution in [0.3, 0.4) is 0 Å². The van der Waals surface area contributed by atoms with Gasteiger partial charge < -0.3 is 10.4 Å². The summed E-state index contributed by atoms with van der Waals surface area (Å²) in [4.78, 5) is 12.2. The first kappa shape index (κ1) is 9.27. The average molecular weight is 216 g/mol. The van der Waals surface area contributed by atoms with Crippen LogP contribution in [0.4, 0.5) is 10.5 Å². The summed E-state index contributed by atoms with van der Waals surface area (Å²) in [7, 11) is 0. The Morgan fingerprint density at radius 3 is 3.06 bits per heavy atom. The van der Waals surface area contributed by atoms with Crippen molar-refractivity contribution < 1.29 is 9.90 Å². The number of carboxylic acid groups (broad SMARTS) is 1. The van der Waals surface area contributed by atoms with Gasteiger partial charge in [-0.05, 0) is 11.6 Å². The molecule has 0 fully saturated rings. The Morgan fingerprint density at radius 2 is 2.25 bits per heavy atom. The number of hydrogen-bond acceptors (Lipinski definition) is 2. The fraction of sp³-hybridized carbons (Fsp3) is 0.250. The van der Waals surface area contributed by atoms with E-state index in [9.17, 15) is 4.79 Å². The number of benzene rings is 1. The average Bonchev–Trinajstić information content (AvgIpc) is 2.66. The number of nitrogens with one attached hydrogen (secondary N) is 1. The van der Waals surface area contributed by atoms with E-state index < -0.39 is 6.09 Å². The van der Waals surface area contributed by atoms with Gasteiger partial charge in [0.2, 0.25) is 0 Å². The molecule has 0 radical (unpaired) electrons. The van der Waals surface area contributed by atoms with Crippen molar-refractivity contribution in [3.05, 3.63) is 42.1 Å². The SMILES string of the molecule is O=C(O)N1C=CC2c3ccccc3NC2C1. The topological polar surface area (TPSA) is 52.6 Å². The van der Waals surface area contributed by atoms with Crippen LogP contribution in [-0.2, 0) is 0 Å². The van der Waals surface area contributed by atoms with Crippen molar-refractivity contribution in [1.29, 1.82) is 0 Å². The van der Waals surface area contributed by atoms with Crippen LogP contribution in [0.25, 0.3) is 0 Å². The van der Waals surface area contributed by atoms with Crippen LogP contribution in [0.5, 0.6) is 0 Å². The van der Waals surface area contributed by atoms with Crippen molar-refractivity contribution in [3.63, 3.8) is 0 Å². The Kier molecular flexibility index (Phi) is 1.89. The van der Waals surface area contributed by atoms with Crippen molar-refractivity contribution in [3.8, 4) is 0 Å². The first-order chi connectivity index (χ1) is 7.75. The number of amides is 1. The molecule has 0 spiro atoms. The summed E-state index contributed by atoms with van der Waals surface area (Å²) in [5.74, 6) is 0.298. The van der Waals surface area contributed by atoms with Gasteiger partial charge in [0.1, 0.15) is 0 Å². The zero-order chi connectivity index (χ0) is 11.1. The van der Waals surface area contributed by atoms with Crippen LogP contribution in [0.1, 0.15) is 11.5 Å². The molecule has 0 aliphatic carbocycles. The van der Waals surface area contributed by atoms with Gasteiger partial charge in [-0.3, -0.25) is 4.90 Å². The largest absolute Gasteiger partial charge is 0.465 e. The molecule has 1 amide bonds. The monoisotopic (exact) mass is 216 g/mol. The number of hydrogen-bond donors (Lipinski definition) is 2. The number of anilines is 1. The van der Waals surface area contributed by atoms with E-state index in [1.807, 2.05) is 24.3 Å². The maximum Gasteiger partial charge on any atom is 0.411 e. The molecule has 2 atom stereocenters. The Bertz CT molecular complexity index is 470. The predicted octanol–water partition coefficient (Wildman–Crippen LogP) is 2.07. The Balaban J connectivity index is 1.93. The minimum atomic E-state index is -0.896. The lowest BCUT2D eigenvalue weighted by Gasteiger charge is -2.27. The molecule has 4 heteroatoms. The van der Waals surface area contributed by atoms with Crippen LogP contribution in [0, 0.1) is 0 Å². The predicted molar refractivity (Wildman–Crippen MR) is 60.5 cm³/mol. The normalized spacial score (nSPS) is 25.9. The van der Waals surface area contributed by atoms with Crippen LogP contribution >= 0.6 is 0 Å². The quantitative estimate of drug-likeness (QED) is 0.698. The maximum absolute atomic E-state index is 10.9. The van der Waals surface area contributed by atoms with Gasteiger partial charge in [-0.15, -0.1) is 0 Å². The van der Waals surface area contributed by atoms with E-state index in [0.29, 0.717) is 12.5 Å². The lowest BCUT2D eigenvalue weighted by atomic mass is 9.93. The number of para-hydroxylation sites is 1. The molecule has 2 aliphatic heterocycles. The summed E-state index contributed by atoms with van der Waals surface area (Å²) in [5, 5.41) is 12.3. The highest BCUT2D eigenvalue weighted by atomic mass is 16.4. The van der Waals surface area contributed by atoms with E-state index in [4.69, 9.17) is 5.11 Å². The summed E-state index contributed by atoms with van der Waals surface area (Å²) in [6.07, 6.45) is 2.72. The molecule has 2 unspecified atom stereocenters. The van der Waals surface area contributed by atoms with Crippen LogP contribution in [0.15, 0.2) is 36.5 Å². The van der Waals surface area contributed by atoms with Gasteiger partial charge in [-0.2, -0.15) is 0 Å². The van der Waals surface area contributed by atoms with E-state index in [1.165, 1.54) is 10.5 Å². The summed E-state index contributed by atoms with van der Waals surface area (Å²) < 4.78 is 0. The first-order valence-electron chi connectivity index (χ1n) is 5.29. The second kappa shape index (κ2) is 3.27. The van der Waals surface area contributed by atoms with E-state index in [1.54, 1.807) is 6.20 Å². The minimum absolute atomic E-state index is 0.165. The second-order valence-electron chi connectivity index (χ2n) is 4.14. The third-order valence-corrected chi connectivity index (χ3v) is 3.21. The molecule has 0 bridgehead atoms. The number of carbonyl (C=O) groups is 1. The van der Waals surface area contributed by atoms with Gasteiger partial charge >= 0.3 is 6.09 Å². The van der Waals surface area contributed by atoms with Crippen molar-refractivity contribution in [2.45, 2.75) is 12.0 Å². The van der Waals surface area contributed by atoms with Gasteiger partial charge in [0, 0.05) is 24.4 Å². The van der Waals surface area contributed by atoms with Gasteiger partial charge in [-0.1, -0.05) is 24.3 Å². The summed E-state index contributed by atoms with van der Waals surface area (Å²) in [6, 6.07) is 8.29. The van der Waals surface area contributed by atoms with Gasteiger partial charge in [0.15, 0.2) is 0 Å². The van der Waals surface area contributed by atoms with Crippen LogP contribution < -0.4 is 5.32 Å². The van der Waals surface area contributed by atoms with Crippen LogP contribution in [-0.4, -0.2) is 28.7 Å². The highest BCUT2D eigenvalue weighted by Gasteiger charge is 2.34. The fourth-order valence-electron chi connectivity index (χ4n) is 2.43. The Labute approximate surface area is 93.2 Å². The van der Waals surface area contributed by atoms with Gasteiger partial charge in [0.05, 0.1) is 6.04 Å². The van der Waals surface area contributed by atoms with Crippen molar-refractivity contribution in [1.82, 2.24) is 4.90 Å². The third kappa shape index (κ3) is 1.26. The number of fused-ring (bicyclic) bond motifs is 3. The molecule has 1 aromatic carbocycles. The molecule has 0 saturated carbocycles. The highest BCUT2D eigenvalue weighted by Crippen LogP contribution is 2.38. The molecule has 16 heavy (non-hydrogen) atoms. The molecule has 2 heterocycles. The van der Waals surface area contributed by atoms with Gasteiger partial charge in [0.25, 0.3) is 0 Å². The molecule has 82 valence electrons. The smallest absolute Gasteiger partial charge is 0.411 e. The summed E-state index contributed by atoms with van der Waals surface area (Å²) in [5.41, 5.74) is 2.38. The zero-order valence-electron chi connectivity index (χ0n) is 8.63. The first-order valence-corrected chi connectivity index (χ1v) is 5.29. The minimum Gasteiger partial charge on any atom is -0.465 e. The lowest BCUT2D eigenvalue weighted by molar-refractivity contribution is 0.159. The molecule has 2 aliphatic rings. The van der Waals surface area contributed by atoms with E-state index in [2.05, 4.69) is 11.4 Å². The zero-order valence-corrected chi connectivity index (χ0v) is 8.63. The summed E-state index contributed by atoms with van der Waals surface area (Å²) in [6.45, 7) is 0.505. The molecule has 0 saturated heterocycles. The lowest BCUT2D eigenvalue weighted by Crippen LogP contribution is -2.40. The molecule has 1 aromatic rings. The van der Waals surface area contributed by atoms with Crippen LogP contribution in [0.2, 0.25) is 0 Å². The Morgan fingerprint density at radius 1 is 1.44 bits per heavy atom. The standard InChI is InChI=1S/C12H12N2O2/c15-12(16)14-6-5-9-8-3-1-2-4-10(8)13-11(9)7-14/h1-6,9,11,13H,7H2,(H,15,16). The number of rotatable bonds is 0. The number of nitrogens with zero attached hydrogens (tertiary/aromatic N) is 1. The van der Waals surface area contributed by atoms with Gasteiger partial charge in [-0.25, -0.2) is 4.79 Å². The summed E-state index contributed by atoms with van der Waals surface area (Å²) >= 11 is 0. The van der Waals surface area contributed by atoms with E-state index in [0.717, 1.165) is 5.69 Å². The second-order valence-corrected chi connectivity index (χ2v) is 4.14. The van der Waals surface area contributed by atoms with Crippen molar-refractivity contribution in [2.75, 3.05) is 11.9 Å². The highest BCUT2D eigenvalue weighted by molar-refractivity contribution is 5.68. The van der Waals surface area contributed by atoms with E-state index in [-0.39, 0.29) is 6.04 Å². The van der Waals surface area contributed by atoms with Crippen molar-refractivity contribution in [2.24, 2.45) is 0 Å². The molecule has 2 N–H and O–H groups in total. The molecule has 0 aromatic heterocycles. The molecule has 3 rings (SSSR count). The third-order valence-electron chi connectivity index (χ3n) is 3.21. The van der Waals surface area contributed by atoms with E-state index >= 15 is 0 Å². The molecular formula is C12H12N2O2. The Hall–Kier alpha value is -1.97.